The minimum absolute atomic E-state index is 0.0866. The van der Waals surface area contributed by atoms with Gasteiger partial charge in [0.1, 0.15) is 5.82 Å². The molecule has 0 bridgehead atoms. The minimum atomic E-state index is -4.47. The van der Waals surface area contributed by atoms with Crippen molar-refractivity contribution in [3.05, 3.63) is 70.7 Å². The van der Waals surface area contributed by atoms with Gasteiger partial charge in [0.15, 0.2) is 11.5 Å². The third-order valence-corrected chi connectivity index (χ3v) is 5.72. The Bertz CT molecular complexity index is 1330. The number of benzene rings is 2. The SMILES string of the molecule is COc1ccc(-c2csc(-n3nc(C)cc3NC(=O)c3ccc(C(F)(F)F)cc3)n2)cc1OC. The molecule has 0 aliphatic carbocycles. The van der Waals surface area contributed by atoms with Crippen LogP contribution in [0.3, 0.4) is 0 Å². The number of rotatable bonds is 6. The molecule has 0 radical (unpaired) electrons. The predicted octanol–water partition coefficient (Wildman–Crippen LogP) is 5.59. The molecule has 4 aromatic rings. The first-order valence-electron chi connectivity index (χ1n) is 9.93. The highest BCUT2D eigenvalue weighted by atomic mass is 32.1. The van der Waals surface area contributed by atoms with Crippen molar-refractivity contribution in [2.75, 3.05) is 19.5 Å². The Hall–Kier alpha value is -3.86. The number of aromatic nitrogens is 3. The van der Waals surface area contributed by atoms with E-state index in [0.717, 1.165) is 29.8 Å². The second-order valence-electron chi connectivity index (χ2n) is 7.20. The van der Waals surface area contributed by atoms with Gasteiger partial charge in [-0.05, 0) is 49.4 Å². The van der Waals surface area contributed by atoms with Crippen LogP contribution in [-0.4, -0.2) is 34.9 Å². The van der Waals surface area contributed by atoms with Crippen molar-refractivity contribution in [2.45, 2.75) is 13.1 Å². The Labute approximate surface area is 196 Å². The zero-order valence-corrected chi connectivity index (χ0v) is 19.1. The molecule has 0 atom stereocenters. The summed E-state index contributed by atoms with van der Waals surface area (Å²) in [6, 6.07) is 11.1. The number of thiazole rings is 1. The number of alkyl halides is 3. The Morgan fingerprint density at radius 2 is 1.74 bits per heavy atom. The van der Waals surface area contributed by atoms with Crippen LogP contribution in [-0.2, 0) is 6.18 Å². The molecule has 0 spiro atoms. The number of carbonyl (C=O) groups is 1. The first-order valence-corrected chi connectivity index (χ1v) is 10.8. The Morgan fingerprint density at radius 3 is 2.38 bits per heavy atom. The van der Waals surface area contributed by atoms with Crippen LogP contribution in [0.2, 0.25) is 0 Å². The monoisotopic (exact) mass is 488 g/mol. The Kier molecular flexibility index (Phi) is 6.29. The summed E-state index contributed by atoms with van der Waals surface area (Å²) < 4.78 is 50.4. The number of hydrogen-bond acceptors (Lipinski definition) is 6. The van der Waals surface area contributed by atoms with E-state index in [0.29, 0.717) is 33.8 Å². The number of halogens is 3. The number of nitrogens with zero attached hydrogens (tertiary/aromatic N) is 3. The van der Waals surface area contributed by atoms with E-state index in [1.807, 2.05) is 11.4 Å². The molecule has 11 heteroatoms. The van der Waals surface area contributed by atoms with E-state index in [4.69, 9.17) is 9.47 Å². The van der Waals surface area contributed by atoms with Crippen LogP contribution in [0.1, 0.15) is 21.6 Å². The molecule has 4 rings (SSSR count). The van der Waals surface area contributed by atoms with Gasteiger partial charge in [0.05, 0.1) is 31.2 Å². The van der Waals surface area contributed by atoms with Gasteiger partial charge in [0, 0.05) is 22.6 Å². The normalized spacial score (nSPS) is 11.4. The summed E-state index contributed by atoms with van der Waals surface area (Å²) in [5, 5.41) is 9.44. The van der Waals surface area contributed by atoms with E-state index in [-0.39, 0.29) is 5.56 Å². The highest BCUT2D eigenvalue weighted by Gasteiger charge is 2.30. The average molecular weight is 488 g/mol. The fraction of sp³-hybridized carbons (Fsp3) is 0.174. The topological polar surface area (TPSA) is 78.3 Å². The molecule has 2 aromatic heterocycles. The lowest BCUT2D eigenvalue weighted by Crippen LogP contribution is -2.15. The molecule has 1 N–H and O–H groups in total. The van der Waals surface area contributed by atoms with Crippen molar-refractivity contribution in [2.24, 2.45) is 0 Å². The number of aryl methyl sites for hydroxylation is 1. The van der Waals surface area contributed by atoms with Gasteiger partial charge in [-0.15, -0.1) is 11.3 Å². The number of anilines is 1. The lowest BCUT2D eigenvalue weighted by molar-refractivity contribution is -0.137. The van der Waals surface area contributed by atoms with Gasteiger partial charge < -0.3 is 14.8 Å². The summed E-state index contributed by atoms with van der Waals surface area (Å²) in [6.45, 7) is 1.76. The first kappa shape index (κ1) is 23.3. The summed E-state index contributed by atoms with van der Waals surface area (Å²) in [6.07, 6.45) is -4.47. The van der Waals surface area contributed by atoms with E-state index in [1.54, 1.807) is 39.3 Å². The van der Waals surface area contributed by atoms with E-state index < -0.39 is 17.6 Å². The molecule has 0 saturated heterocycles. The van der Waals surface area contributed by atoms with Gasteiger partial charge in [0.2, 0.25) is 5.13 Å². The maximum atomic E-state index is 12.8. The highest BCUT2D eigenvalue weighted by Crippen LogP contribution is 2.34. The van der Waals surface area contributed by atoms with E-state index in [1.165, 1.54) is 16.0 Å². The van der Waals surface area contributed by atoms with Gasteiger partial charge in [-0.1, -0.05) is 0 Å². The largest absolute Gasteiger partial charge is 0.493 e. The van der Waals surface area contributed by atoms with Crippen LogP contribution in [0.4, 0.5) is 19.0 Å². The maximum Gasteiger partial charge on any atom is 0.416 e. The molecule has 0 fully saturated rings. The van der Waals surface area contributed by atoms with Crippen LogP contribution < -0.4 is 14.8 Å². The molecule has 0 unspecified atom stereocenters. The fourth-order valence-electron chi connectivity index (χ4n) is 3.22. The van der Waals surface area contributed by atoms with E-state index in [9.17, 15) is 18.0 Å². The summed E-state index contributed by atoms with van der Waals surface area (Å²) in [4.78, 5) is 17.3. The highest BCUT2D eigenvalue weighted by molar-refractivity contribution is 7.12. The first-order chi connectivity index (χ1) is 16.2. The zero-order chi connectivity index (χ0) is 24.5. The average Bonchev–Trinajstić information content (AvgIpc) is 3.44. The number of carbonyl (C=O) groups excluding carboxylic acids is 1. The molecule has 2 aromatic carbocycles. The van der Waals surface area contributed by atoms with Crippen molar-refractivity contribution in [1.82, 2.24) is 14.8 Å². The van der Waals surface area contributed by atoms with Crippen molar-refractivity contribution < 1.29 is 27.4 Å². The number of hydrogen-bond donors (Lipinski definition) is 1. The number of methoxy groups -OCH3 is 2. The van der Waals surface area contributed by atoms with Gasteiger partial charge in [-0.2, -0.15) is 23.0 Å². The number of amides is 1. The van der Waals surface area contributed by atoms with Gasteiger partial charge in [-0.3, -0.25) is 4.79 Å². The molecule has 0 saturated carbocycles. The van der Waals surface area contributed by atoms with E-state index in [2.05, 4.69) is 15.4 Å². The van der Waals surface area contributed by atoms with Crippen molar-refractivity contribution >= 4 is 23.1 Å². The molecular formula is C23H19F3N4O3S. The molecular weight excluding hydrogens is 469 g/mol. The smallest absolute Gasteiger partial charge is 0.416 e. The van der Waals surface area contributed by atoms with Crippen LogP contribution in [0.5, 0.6) is 11.5 Å². The molecule has 2 heterocycles. The van der Waals surface area contributed by atoms with Gasteiger partial charge in [0.25, 0.3) is 5.91 Å². The third kappa shape index (κ3) is 4.74. The van der Waals surface area contributed by atoms with Crippen LogP contribution in [0.25, 0.3) is 16.4 Å². The molecule has 1 amide bonds. The van der Waals surface area contributed by atoms with Crippen molar-refractivity contribution in [1.29, 1.82) is 0 Å². The molecule has 0 aliphatic heterocycles. The van der Waals surface area contributed by atoms with Crippen LogP contribution in [0, 0.1) is 6.92 Å². The third-order valence-electron chi connectivity index (χ3n) is 4.90. The molecule has 34 heavy (non-hydrogen) atoms. The molecule has 7 nitrogen and oxygen atoms in total. The fourth-order valence-corrected chi connectivity index (χ4v) is 4.02. The van der Waals surface area contributed by atoms with Crippen LogP contribution >= 0.6 is 11.3 Å². The second kappa shape index (κ2) is 9.18. The molecule has 0 aliphatic rings. The Morgan fingerprint density at radius 1 is 1.03 bits per heavy atom. The number of nitrogens with one attached hydrogen (secondary N) is 1. The Balaban J connectivity index is 1.59. The summed E-state index contributed by atoms with van der Waals surface area (Å²) >= 11 is 1.32. The maximum absolute atomic E-state index is 12.8. The summed E-state index contributed by atoms with van der Waals surface area (Å²) in [5.41, 5.74) is 1.37. The second-order valence-corrected chi connectivity index (χ2v) is 8.03. The number of ether oxygens (including phenoxy) is 2. The standard InChI is InChI=1S/C23H19F3N4O3S/c1-13-10-20(28-21(31)14-4-7-16(8-5-14)23(24,25)26)30(29-13)22-27-17(12-34-22)15-6-9-18(32-2)19(11-15)33-3/h4-12H,1-3H3,(H,28,31). The molecule has 176 valence electrons. The summed E-state index contributed by atoms with van der Waals surface area (Å²) in [7, 11) is 3.10. The minimum Gasteiger partial charge on any atom is -0.493 e. The lowest BCUT2D eigenvalue weighted by atomic mass is 10.1. The van der Waals surface area contributed by atoms with Gasteiger partial charge >= 0.3 is 6.18 Å². The predicted molar refractivity (Wildman–Crippen MR) is 122 cm³/mol. The van der Waals surface area contributed by atoms with Crippen molar-refractivity contribution in [3.8, 4) is 27.9 Å². The van der Waals surface area contributed by atoms with Gasteiger partial charge in [-0.25, -0.2) is 4.98 Å². The zero-order valence-electron chi connectivity index (χ0n) is 18.3. The van der Waals surface area contributed by atoms with Crippen molar-refractivity contribution in [3.63, 3.8) is 0 Å². The van der Waals surface area contributed by atoms with Crippen LogP contribution in [0.15, 0.2) is 53.9 Å². The van der Waals surface area contributed by atoms with E-state index >= 15 is 0 Å². The quantitative estimate of drug-likeness (QED) is 0.383. The summed E-state index contributed by atoms with van der Waals surface area (Å²) in [5.74, 6) is 0.939. The lowest BCUT2D eigenvalue weighted by Gasteiger charge is -2.09.